The summed E-state index contributed by atoms with van der Waals surface area (Å²) < 4.78 is 6.65. The highest BCUT2D eigenvalue weighted by molar-refractivity contribution is 5.92. The Morgan fingerprint density at radius 2 is 2.35 bits per heavy atom. The summed E-state index contributed by atoms with van der Waals surface area (Å²) in [7, 11) is 1.62. The van der Waals surface area contributed by atoms with Gasteiger partial charge in [-0.25, -0.2) is 9.48 Å². The van der Waals surface area contributed by atoms with Crippen LogP contribution < -0.4 is 0 Å². The fourth-order valence-electron chi connectivity index (χ4n) is 1.93. The zero-order valence-electron chi connectivity index (χ0n) is 11.4. The Kier molecular flexibility index (Phi) is 4.41. The Balaban J connectivity index is 2.46. The van der Waals surface area contributed by atoms with E-state index in [2.05, 4.69) is 15.3 Å². The van der Waals surface area contributed by atoms with Crippen LogP contribution in [0.2, 0.25) is 0 Å². The van der Waals surface area contributed by atoms with Gasteiger partial charge in [-0.05, 0) is 25.5 Å². The standard InChI is InChI=1S/C13H16N4O3/c1-9(5-7-20-2)17-12(10-4-3-6-14-8-10)11(13(18)19)15-16-17/h3-4,6,8-9H,5,7H2,1-2H3,(H,18,19). The summed E-state index contributed by atoms with van der Waals surface area (Å²) in [5.41, 5.74) is 1.08. The second kappa shape index (κ2) is 6.25. The average Bonchev–Trinajstić information content (AvgIpc) is 2.90. The van der Waals surface area contributed by atoms with Crippen LogP contribution in [0.25, 0.3) is 11.3 Å². The lowest BCUT2D eigenvalue weighted by Gasteiger charge is -2.14. The number of methoxy groups -OCH3 is 1. The number of carboxylic acid groups (broad SMARTS) is 1. The molecule has 1 unspecified atom stereocenters. The second-order valence-corrected chi connectivity index (χ2v) is 4.41. The van der Waals surface area contributed by atoms with Crippen molar-refractivity contribution in [2.75, 3.05) is 13.7 Å². The maximum absolute atomic E-state index is 11.3. The van der Waals surface area contributed by atoms with Crippen LogP contribution >= 0.6 is 0 Å². The molecule has 1 N–H and O–H groups in total. The van der Waals surface area contributed by atoms with Gasteiger partial charge in [0.25, 0.3) is 0 Å². The van der Waals surface area contributed by atoms with Crippen LogP contribution in [0, 0.1) is 0 Å². The van der Waals surface area contributed by atoms with E-state index >= 15 is 0 Å². The van der Waals surface area contributed by atoms with Gasteiger partial charge in [0.05, 0.1) is 6.04 Å². The van der Waals surface area contributed by atoms with Gasteiger partial charge in [0.1, 0.15) is 5.69 Å². The minimum atomic E-state index is -1.10. The monoisotopic (exact) mass is 276 g/mol. The Morgan fingerprint density at radius 1 is 1.55 bits per heavy atom. The van der Waals surface area contributed by atoms with Crippen LogP contribution in [0.5, 0.6) is 0 Å². The van der Waals surface area contributed by atoms with Gasteiger partial charge < -0.3 is 9.84 Å². The zero-order valence-corrected chi connectivity index (χ0v) is 11.4. The molecule has 2 aromatic rings. The van der Waals surface area contributed by atoms with Gasteiger partial charge in [0.2, 0.25) is 0 Å². The molecular weight excluding hydrogens is 260 g/mol. The fourth-order valence-corrected chi connectivity index (χ4v) is 1.93. The van der Waals surface area contributed by atoms with Gasteiger partial charge in [-0.15, -0.1) is 5.10 Å². The quantitative estimate of drug-likeness (QED) is 0.862. The number of aromatic carboxylic acids is 1. The summed E-state index contributed by atoms with van der Waals surface area (Å²) in [5.74, 6) is -1.10. The number of ether oxygens (including phenoxy) is 1. The molecule has 7 nitrogen and oxygen atoms in total. The van der Waals surface area contributed by atoms with Crippen LogP contribution in [0.15, 0.2) is 24.5 Å². The first-order valence-electron chi connectivity index (χ1n) is 6.23. The van der Waals surface area contributed by atoms with Crippen LogP contribution in [0.3, 0.4) is 0 Å². The molecule has 0 aliphatic rings. The zero-order chi connectivity index (χ0) is 14.5. The van der Waals surface area contributed by atoms with Gasteiger partial charge in [-0.1, -0.05) is 5.21 Å². The fraction of sp³-hybridized carbons (Fsp3) is 0.385. The van der Waals surface area contributed by atoms with Crippen molar-refractivity contribution in [3.8, 4) is 11.3 Å². The number of carbonyl (C=O) groups is 1. The average molecular weight is 276 g/mol. The molecule has 20 heavy (non-hydrogen) atoms. The van der Waals surface area contributed by atoms with Gasteiger partial charge in [-0.2, -0.15) is 0 Å². The molecule has 0 aliphatic heterocycles. The van der Waals surface area contributed by atoms with Crippen molar-refractivity contribution >= 4 is 5.97 Å². The van der Waals surface area contributed by atoms with Crippen molar-refractivity contribution < 1.29 is 14.6 Å². The molecule has 0 fully saturated rings. The molecule has 0 saturated heterocycles. The largest absolute Gasteiger partial charge is 0.476 e. The first-order valence-corrected chi connectivity index (χ1v) is 6.23. The Labute approximate surface area is 116 Å². The molecule has 106 valence electrons. The molecule has 2 rings (SSSR count). The van der Waals surface area contributed by atoms with Crippen molar-refractivity contribution in [1.82, 2.24) is 20.0 Å². The van der Waals surface area contributed by atoms with Gasteiger partial charge in [0, 0.05) is 31.7 Å². The molecule has 0 aliphatic carbocycles. The molecular formula is C13H16N4O3. The van der Waals surface area contributed by atoms with Crippen molar-refractivity contribution in [2.45, 2.75) is 19.4 Å². The second-order valence-electron chi connectivity index (χ2n) is 4.41. The number of nitrogens with zero attached hydrogens (tertiary/aromatic N) is 4. The molecule has 0 amide bonds. The van der Waals surface area contributed by atoms with E-state index in [9.17, 15) is 9.90 Å². The molecule has 0 bridgehead atoms. The lowest BCUT2D eigenvalue weighted by molar-refractivity contribution is 0.0691. The number of carboxylic acids is 1. The number of hydrogen-bond acceptors (Lipinski definition) is 5. The van der Waals surface area contributed by atoms with Crippen LogP contribution in [0.4, 0.5) is 0 Å². The maximum Gasteiger partial charge on any atom is 0.358 e. The summed E-state index contributed by atoms with van der Waals surface area (Å²) >= 11 is 0. The van der Waals surface area contributed by atoms with Gasteiger partial charge in [-0.3, -0.25) is 4.98 Å². The van der Waals surface area contributed by atoms with Crippen LogP contribution in [-0.2, 0) is 4.74 Å². The van der Waals surface area contributed by atoms with Gasteiger partial charge >= 0.3 is 5.97 Å². The molecule has 0 spiro atoms. The van der Waals surface area contributed by atoms with Crippen molar-refractivity contribution in [2.24, 2.45) is 0 Å². The van der Waals surface area contributed by atoms with E-state index in [0.29, 0.717) is 24.3 Å². The topological polar surface area (TPSA) is 90.1 Å². The number of aromatic nitrogens is 4. The third-order valence-corrected chi connectivity index (χ3v) is 2.99. The summed E-state index contributed by atoms with van der Waals surface area (Å²) in [6.07, 6.45) is 3.95. The van der Waals surface area contributed by atoms with Crippen LogP contribution in [0.1, 0.15) is 29.9 Å². The minimum Gasteiger partial charge on any atom is -0.476 e. The Bertz CT molecular complexity index is 583. The molecule has 1 atom stereocenters. The molecule has 7 heteroatoms. The normalized spacial score (nSPS) is 12.3. The minimum absolute atomic E-state index is 0.0224. The predicted octanol–water partition coefficient (Wildman–Crippen LogP) is 1.64. The molecule has 0 aromatic carbocycles. The number of hydrogen-bond donors (Lipinski definition) is 1. The number of pyridine rings is 1. The first-order chi connectivity index (χ1) is 9.65. The molecule has 0 radical (unpaired) electrons. The van der Waals surface area contributed by atoms with E-state index in [1.54, 1.807) is 36.3 Å². The summed E-state index contributed by atoms with van der Waals surface area (Å²) in [6, 6.07) is 3.52. The highest BCUT2D eigenvalue weighted by Crippen LogP contribution is 2.25. The SMILES string of the molecule is COCCC(C)n1nnc(C(=O)O)c1-c1cccnc1. The van der Waals surface area contributed by atoms with E-state index < -0.39 is 5.97 Å². The Hall–Kier alpha value is -2.28. The van der Waals surface area contributed by atoms with E-state index in [1.165, 1.54) is 0 Å². The summed E-state index contributed by atoms with van der Waals surface area (Å²) in [5, 5.41) is 17.0. The van der Waals surface area contributed by atoms with Gasteiger partial charge in [0.15, 0.2) is 5.69 Å². The summed E-state index contributed by atoms with van der Waals surface area (Å²) in [4.78, 5) is 15.3. The van der Waals surface area contributed by atoms with Crippen molar-refractivity contribution in [3.63, 3.8) is 0 Å². The smallest absolute Gasteiger partial charge is 0.358 e. The van der Waals surface area contributed by atoms with E-state index in [1.807, 2.05) is 6.92 Å². The Morgan fingerprint density at radius 3 is 2.95 bits per heavy atom. The van der Waals surface area contributed by atoms with Crippen molar-refractivity contribution in [3.05, 3.63) is 30.2 Å². The lowest BCUT2D eigenvalue weighted by atomic mass is 10.1. The summed E-state index contributed by atoms with van der Waals surface area (Å²) in [6.45, 7) is 2.51. The highest BCUT2D eigenvalue weighted by Gasteiger charge is 2.23. The first kappa shape index (κ1) is 14.1. The highest BCUT2D eigenvalue weighted by atomic mass is 16.5. The molecule has 2 heterocycles. The van der Waals surface area contributed by atoms with E-state index in [0.717, 1.165) is 0 Å². The van der Waals surface area contributed by atoms with Crippen molar-refractivity contribution in [1.29, 1.82) is 0 Å². The number of rotatable bonds is 6. The lowest BCUT2D eigenvalue weighted by Crippen LogP contribution is -2.12. The van der Waals surface area contributed by atoms with Crippen LogP contribution in [-0.4, -0.2) is 44.8 Å². The van der Waals surface area contributed by atoms with E-state index in [-0.39, 0.29) is 11.7 Å². The molecule has 0 saturated carbocycles. The predicted molar refractivity (Wildman–Crippen MR) is 71.4 cm³/mol. The van der Waals surface area contributed by atoms with E-state index in [4.69, 9.17) is 4.74 Å². The third kappa shape index (κ3) is 2.83. The third-order valence-electron chi connectivity index (χ3n) is 2.99. The molecule has 2 aromatic heterocycles. The maximum atomic E-state index is 11.3.